The maximum Gasteiger partial charge on any atom is 0.132 e. The molecule has 13 heavy (non-hydrogen) atoms. The minimum absolute atomic E-state index is 0.421. The number of pyridine rings is 1. The number of rotatable bonds is 2. The molecule has 0 N–H and O–H groups in total. The van der Waals surface area contributed by atoms with E-state index >= 15 is 0 Å². The largest absolute Gasteiger partial charge is 0.241 e. The highest BCUT2D eigenvalue weighted by Gasteiger charge is 2.22. The Labute approximate surface area is 82.9 Å². The smallest absolute Gasteiger partial charge is 0.132 e. The lowest BCUT2D eigenvalue weighted by atomic mass is 9.97. The fourth-order valence-corrected chi connectivity index (χ4v) is 1.45. The first-order valence-corrected chi connectivity index (χ1v) is 4.67. The highest BCUT2D eigenvalue weighted by atomic mass is 35.5. The standard InChI is InChI=1S/C10H13ClFN/c1-4-8-7(10(2,3)12)5-6-9(11)13-8/h5-6H,4H2,1-3H3. The zero-order valence-corrected chi connectivity index (χ0v) is 8.82. The molecule has 0 atom stereocenters. The van der Waals surface area contributed by atoms with Crippen molar-refractivity contribution in [1.29, 1.82) is 0 Å². The van der Waals surface area contributed by atoms with Gasteiger partial charge < -0.3 is 0 Å². The van der Waals surface area contributed by atoms with E-state index in [1.807, 2.05) is 6.92 Å². The highest BCUT2D eigenvalue weighted by molar-refractivity contribution is 6.29. The molecule has 1 heterocycles. The van der Waals surface area contributed by atoms with E-state index < -0.39 is 5.67 Å². The third-order valence-corrected chi connectivity index (χ3v) is 2.13. The molecule has 72 valence electrons. The summed E-state index contributed by atoms with van der Waals surface area (Å²) in [5.41, 5.74) is 0.0162. The number of nitrogens with zero attached hydrogens (tertiary/aromatic N) is 1. The predicted molar refractivity (Wildman–Crippen MR) is 52.8 cm³/mol. The van der Waals surface area contributed by atoms with Crippen LogP contribution in [0.25, 0.3) is 0 Å². The van der Waals surface area contributed by atoms with Crippen LogP contribution < -0.4 is 0 Å². The first kappa shape index (κ1) is 10.5. The van der Waals surface area contributed by atoms with Crippen molar-refractivity contribution in [3.8, 4) is 0 Å². The Morgan fingerprint density at radius 2 is 2.08 bits per heavy atom. The molecule has 1 aromatic rings. The molecule has 0 unspecified atom stereocenters. The van der Waals surface area contributed by atoms with Crippen molar-refractivity contribution in [2.45, 2.75) is 32.9 Å². The van der Waals surface area contributed by atoms with Gasteiger partial charge in [-0.05, 0) is 26.3 Å². The van der Waals surface area contributed by atoms with Crippen molar-refractivity contribution >= 4 is 11.6 Å². The second-order valence-corrected chi connectivity index (χ2v) is 3.84. The van der Waals surface area contributed by atoms with E-state index in [2.05, 4.69) is 4.98 Å². The van der Waals surface area contributed by atoms with Crippen LogP contribution in [0.3, 0.4) is 0 Å². The van der Waals surface area contributed by atoms with Gasteiger partial charge in [0, 0.05) is 11.3 Å². The molecule has 0 radical (unpaired) electrons. The van der Waals surface area contributed by atoms with E-state index in [1.165, 1.54) is 13.8 Å². The van der Waals surface area contributed by atoms with E-state index in [0.29, 0.717) is 17.1 Å². The van der Waals surface area contributed by atoms with Gasteiger partial charge in [0.2, 0.25) is 0 Å². The molecule has 0 aliphatic heterocycles. The SMILES string of the molecule is CCc1nc(Cl)ccc1C(C)(C)F. The molecule has 0 saturated heterocycles. The lowest BCUT2D eigenvalue weighted by Crippen LogP contribution is -2.13. The molecular weight excluding hydrogens is 189 g/mol. The van der Waals surface area contributed by atoms with Crippen molar-refractivity contribution < 1.29 is 4.39 Å². The lowest BCUT2D eigenvalue weighted by molar-refractivity contribution is 0.219. The number of hydrogen-bond acceptors (Lipinski definition) is 1. The minimum atomic E-state index is -1.34. The summed E-state index contributed by atoms with van der Waals surface area (Å²) in [7, 11) is 0. The molecule has 1 rings (SSSR count). The zero-order valence-electron chi connectivity index (χ0n) is 8.06. The average Bonchev–Trinajstić information content (AvgIpc) is 2.01. The van der Waals surface area contributed by atoms with E-state index in [1.54, 1.807) is 12.1 Å². The van der Waals surface area contributed by atoms with Crippen molar-refractivity contribution in [1.82, 2.24) is 4.98 Å². The Kier molecular flexibility index (Phi) is 2.91. The summed E-state index contributed by atoms with van der Waals surface area (Å²) in [5, 5.41) is 0.421. The quantitative estimate of drug-likeness (QED) is 0.668. The number of halogens is 2. The van der Waals surface area contributed by atoms with Gasteiger partial charge in [0.05, 0.1) is 0 Å². The minimum Gasteiger partial charge on any atom is -0.241 e. The van der Waals surface area contributed by atoms with Crippen LogP contribution in [-0.4, -0.2) is 4.98 Å². The molecule has 0 aliphatic carbocycles. The average molecular weight is 202 g/mol. The maximum atomic E-state index is 13.6. The fraction of sp³-hybridized carbons (Fsp3) is 0.500. The van der Waals surface area contributed by atoms with Gasteiger partial charge in [-0.15, -0.1) is 0 Å². The van der Waals surface area contributed by atoms with Crippen LogP contribution >= 0.6 is 11.6 Å². The molecule has 0 aromatic carbocycles. The summed E-state index contributed by atoms with van der Waals surface area (Å²) in [5.74, 6) is 0. The van der Waals surface area contributed by atoms with Crippen LogP contribution in [0, 0.1) is 0 Å². The van der Waals surface area contributed by atoms with Gasteiger partial charge >= 0.3 is 0 Å². The molecular formula is C10H13ClFN. The number of aromatic nitrogens is 1. The third kappa shape index (κ3) is 2.41. The van der Waals surface area contributed by atoms with Crippen LogP contribution in [0.2, 0.25) is 5.15 Å². The Morgan fingerprint density at radius 1 is 1.46 bits per heavy atom. The normalized spacial score (nSPS) is 11.8. The van der Waals surface area contributed by atoms with Gasteiger partial charge in [-0.1, -0.05) is 24.6 Å². The number of hydrogen-bond donors (Lipinski definition) is 0. The van der Waals surface area contributed by atoms with Crippen molar-refractivity contribution in [2.24, 2.45) is 0 Å². The zero-order chi connectivity index (χ0) is 10.1. The topological polar surface area (TPSA) is 12.9 Å². The summed E-state index contributed by atoms with van der Waals surface area (Å²) in [4.78, 5) is 4.08. The Bertz CT molecular complexity index is 304. The first-order chi connectivity index (χ1) is 5.95. The molecule has 0 spiro atoms. The number of alkyl halides is 1. The van der Waals surface area contributed by atoms with Crippen LogP contribution in [0.5, 0.6) is 0 Å². The van der Waals surface area contributed by atoms with E-state index in [0.717, 1.165) is 5.69 Å². The molecule has 0 aliphatic rings. The maximum absolute atomic E-state index is 13.6. The molecule has 1 nitrogen and oxygen atoms in total. The second kappa shape index (κ2) is 3.62. The third-order valence-electron chi connectivity index (χ3n) is 1.92. The first-order valence-electron chi connectivity index (χ1n) is 4.30. The van der Waals surface area contributed by atoms with Gasteiger partial charge in [-0.2, -0.15) is 0 Å². The summed E-state index contributed by atoms with van der Waals surface area (Å²) < 4.78 is 13.6. The monoisotopic (exact) mass is 201 g/mol. The van der Waals surface area contributed by atoms with E-state index in [-0.39, 0.29) is 0 Å². The van der Waals surface area contributed by atoms with Crippen LogP contribution in [0.15, 0.2) is 12.1 Å². The van der Waals surface area contributed by atoms with Crippen molar-refractivity contribution in [3.63, 3.8) is 0 Å². The van der Waals surface area contributed by atoms with Crippen LogP contribution in [0.1, 0.15) is 32.0 Å². The van der Waals surface area contributed by atoms with Gasteiger partial charge in [-0.3, -0.25) is 0 Å². The molecule has 0 saturated carbocycles. The molecule has 0 bridgehead atoms. The predicted octanol–water partition coefficient (Wildman–Crippen LogP) is 3.50. The van der Waals surface area contributed by atoms with E-state index in [4.69, 9.17) is 11.6 Å². The molecule has 3 heteroatoms. The van der Waals surface area contributed by atoms with Crippen molar-refractivity contribution in [3.05, 3.63) is 28.5 Å². The highest BCUT2D eigenvalue weighted by Crippen LogP contribution is 2.28. The summed E-state index contributed by atoms with van der Waals surface area (Å²) in [6.45, 7) is 4.99. The van der Waals surface area contributed by atoms with Crippen LogP contribution in [-0.2, 0) is 12.1 Å². The fourth-order valence-electron chi connectivity index (χ4n) is 1.29. The molecule has 0 amide bonds. The lowest BCUT2D eigenvalue weighted by Gasteiger charge is -2.17. The number of aryl methyl sites for hydroxylation is 1. The van der Waals surface area contributed by atoms with Crippen LogP contribution in [0.4, 0.5) is 4.39 Å². The summed E-state index contributed by atoms with van der Waals surface area (Å²) >= 11 is 5.71. The molecule has 1 aromatic heterocycles. The summed E-state index contributed by atoms with van der Waals surface area (Å²) in [6.07, 6.45) is 0.698. The summed E-state index contributed by atoms with van der Waals surface area (Å²) in [6, 6.07) is 3.32. The van der Waals surface area contributed by atoms with Gasteiger partial charge in [-0.25, -0.2) is 9.37 Å². The van der Waals surface area contributed by atoms with Gasteiger partial charge in [0.15, 0.2) is 0 Å². The Morgan fingerprint density at radius 3 is 2.54 bits per heavy atom. The van der Waals surface area contributed by atoms with Gasteiger partial charge in [0.25, 0.3) is 0 Å². The van der Waals surface area contributed by atoms with Gasteiger partial charge in [0.1, 0.15) is 10.8 Å². The Hall–Kier alpha value is -0.630. The van der Waals surface area contributed by atoms with E-state index in [9.17, 15) is 4.39 Å². The van der Waals surface area contributed by atoms with Crippen molar-refractivity contribution in [2.75, 3.05) is 0 Å². The Balaban J connectivity index is 3.22. The second-order valence-electron chi connectivity index (χ2n) is 3.45. The molecule has 0 fully saturated rings.